The minimum absolute atomic E-state index is 0.0572. The van der Waals surface area contributed by atoms with E-state index in [2.05, 4.69) is 21.3 Å². The van der Waals surface area contributed by atoms with Gasteiger partial charge in [-0.3, -0.25) is 18.6 Å². The zero-order valence-electron chi connectivity index (χ0n) is 14.9. The van der Waals surface area contributed by atoms with E-state index in [1.165, 1.54) is 6.92 Å². The molecule has 3 N–H and O–H groups in total. The molecule has 0 radical (unpaired) electrons. The zero-order chi connectivity index (χ0) is 19.1. The smallest absolute Gasteiger partial charge is 0.463 e. The van der Waals surface area contributed by atoms with E-state index in [-0.39, 0.29) is 32.1 Å². The van der Waals surface area contributed by atoms with Gasteiger partial charge >= 0.3 is 13.8 Å². The molecule has 0 aliphatic heterocycles. The van der Waals surface area contributed by atoms with Crippen LogP contribution in [-0.2, 0) is 27.9 Å². The van der Waals surface area contributed by atoms with Crippen molar-refractivity contribution >= 4 is 19.7 Å². The summed E-state index contributed by atoms with van der Waals surface area (Å²) >= 11 is 0. The molecular formula is C15H30NO8P. The molecule has 0 spiro atoms. The van der Waals surface area contributed by atoms with Crippen molar-refractivity contribution in [2.45, 2.75) is 58.5 Å². The zero-order valence-corrected chi connectivity index (χ0v) is 15.8. The van der Waals surface area contributed by atoms with Gasteiger partial charge in [-0.2, -0.15) is 0 Å². The Bertz CT molecular complexity index is 432. The Morgan fingerprint density at radius 2 is 1.80 bits per heavy atom. The van der Waals surface area contributed by atoms with Gasteiger partial charge in [0.05, 0.1) is 13.2 Å². The highest BCUT2D eigenvalue weighted by atomic mass is 31.2. The maximum Gasteiger partial charge on any atom is 0.472 e. The molecule has 0 heterocycles. The lowest BCUT2D eigenvalue weighted by Gasteiger charge is -2.15. The Hall–Kier alpha value is -0.990. The summed E-state index contributed by atoms with van der Waals surface area (Å²) < 4.78 is 25.6. The first-order valence-electron chi connectivity index (χ1n) is 8.47. The van der Waals surface area contributed by atoms with Crippen molar-refractivity contribution in [1.29, 1.82) is 0 Å². The maximum absolute atomic E-state index is 11.5. The number of hydrogen-bond acceptors (Lipinski definition) is 7. The van der Waals surface area contributed by atoms with Gasteiger partial charge in [-0.15, -0.1) is 0 Å². The van der Waals surface area contributed by atoms with Crippen LogP contribution in [0.15, 0.2) is 0 Å². The third kappa shape index (κ3) is 16.2. The molecule has 9 nitrogen and oxygen atoms in total. The van der Waals surface area contributed by atoms with Crippen molar-refractivity contribution in [2.24, 2.45) is 0 Å². The highest BCUT2D eigenvalue weighted by Crippen LogP contribution is 2.42. The summed E-state index contributed by atoms with van der Waals surface area (Å²) in [4.78, 5) is 31.5. The largest absolute Gasteiger partial charge is 0.472 e. The number of aliphatic hydroxyl groups excluding tert-OH is 1. The van der Waals surface area contributed by atoms with E-state index in [1.807, 2.05) is 0 Å². The third-order valence-corrected chi connectivity index (χ3v) is 4.07. The molecule has 0 bridgehead atoms. The molecule has 0 aromatic rings. The summed E-state index contributed by atoms with van der Waals surface area (Å²) in [7, 11) is -4.33. The summed E-state index contributed by atoms with van der Waals surface area (Å²) in [5.41, 5.74) is 0. The number of hydrogen-bond donors (Lipinski definition) is 3. The van der Waals surface area contributed by atoms with Crippen LogP contribution in [0.4, 0.5) is 0 Å². The lowest BCUT2D eigenvalue weighted by Crippen LogP contribution is -2.25. The van der Waals surface area contributed by atoms with Gasteiger partial charge in [0.15, 0.2) is 0 Å². The number of aliphatic hydroxyl groups is 1. The van der Waals surface area contributed by atoms with Crippen molar-refractivity contribution in [3.63, 3.8) is 0 Å². The molecule has 0 rings (SSSR count). The highest BCUT2D eigenvalue weighted by molar-refractivity contribution is 7.47. The number of rotatable bonds is 15. The summed E-state index contributed by atoms with van der Waals surface area (Å²) in [5.74, 6) is -0.714. The van der Waals surface area contributed by atoms with Crippen LogP contribution < -0.4 is 5.32 Å². The minimum Gasteiger partial charge on any atom is -0.463 e. The van der Waals surface area contributed by atoms with Crippen LogP contribution in [0.1, 0.15) is 52.4 Å². The van der Waals surface area contributed by atoms with Gasteiger partial charge in [0.1, 0.15) is 12.7 Å². The molecule has 0 saturated heterocycles. The first-order valence-corrected chi connectivity index (χ1v) is 9.96. The summed E-state index contributed by atoms with van der Waals surface area (Å²) in [6.07, 6.45) is 4.08. The number of phosphoric ester groups is 1. The second-order valence-electron chi connectivity index (χ2n) is 5.58. The Morgan fingerprint density at radius 1 is 1.12 bits per heavy atom. The lowest BCUT2D eigenvalue weighted by molar-refractivity contribution is -0.147. The molecule has 0 aromatic carbocycles. The molecule has 1 amide bonds. The number of carbonyl (C=O) groups is 2. The predicted octanol–water partition coefficient (Wildman–Crippen LogP) is 1.52. The second-order valence-corrected chi connectivity index (χ2v) is 7.04. The Balaban J connectivity index is 3.76. The van der Waals surface area contributed by atoms with Gasteiger partial charge in [0.25, 0.3) is 0 Å². The SMILES string of the molecule is CCCCCCCC(=O)OCC(O)COP(=O)(O)OCCNC(C)=O. The predicted molar refractivity (Wildman–Crippen MR) is 90.8 cm³/mol. The normalized spacial score (nSPS) is 14.6. The number of esters is 1. The molecule has 2 atom stereocenters. The van der Waals surface area contributed by atoms with Crippen LogP contribution in [0.5, 0.6) is 0 Å². The number of ether oxygens (including phenoxy) is 1. The fourth-order valence-electron chi connectivity index (χ4n) is 1.79. The lowest BCUT2D eigenvalue weighted by atomic mass is 10.1. The Labute approximate surface area is 148 Å². The van der Waals surface area contributed by atoms with Gasteiger partial charge in [-0.1, -0.05) is 32.6 Å². The van der Waals surface area contributed by atoms with Crippen molar-refractivity contribution in [3.8, 4) is 0 Å². The average molecular weight is 383 g/mol. The molecule has 0 aromatic heterocycles. The number of nitrogens with one attached hydrogen (secondary N) is 1. The van der Waals surface area contributed by atoms with Crippen molar-refractivity contribution in [2.75, 3.05) is 26.4 Å². The fraction of sp³-hybridized carbons (Fsp3) is 0.867. The first-order chi connectivity index (χ1) is 11.8. The third-order valence-electron chi connectivity index (χ3n) is 3.08. The van der Waals surface area contributed by atoms with E-state index in [1.54, 1.807) is 0 Å². The van der Waals surface area contributed by atoms with E-state index in [0.29, 0.717) is 0 Å². The molecule has 0 aliphatic carbocycles. The minimum atomic E-state index is -4.33. The van der Waals surface area contributed by atoms with Gasteiger partial charge in [0, 0.05) is 19.9 Å². The first kappa shape index (κ1) is 24.0. The standard InChI is InChI=1S/C15H30NO8P/c1-3-4-5-6-7-8-15(19)22-11-14(18)12-24-25(20,21)23-10-9-16-13(2)17/h14,18H,3-12H2,1-2H3,(H,16,17)(H,20,21). The molecule has 10 heteroatoms. The molecule has 0 fully saturated rings. The van der Waals surface area contributed by atoms with Crippen molar-refractivity contribution in [1.82, 2.24) is 5.32 Å². The number of phosphoric acid groups is 1. The molecule has 25 heavy (non-hydrogen) atoms. The van der Waals surface area contributed by atoms with E-state index < -0.39 is 26.5 Å². The van der Waals surface area contributed by atoms with Gasteiger partial charge in [-0.25, -0.2) is 4.57 Å². The fourth-order valence-corrected chi connectivity index (χ4v) is 2.54. The van der Waals surface area contributed by atoms with Gasteiger partial charge in [0.2, 0.25) is 5.91 Å². The van der Waals surface area contributed by atoms with E-state index in [0.717, 1.165) is 32.1 Å². The van der Waals surface area contributed by atoms with Crippen LogP contribution in [0.25, 0.3) is 0 Å². The molecule has 2 unspecified atom stereocenters. The van der Waals surface area contributed by atoms with Crippen LogP contribution in [0.2, 0.25) is 0 Å². The maximum atomic E-state index is 11.5. The van der Waals surface area contributed by atoms with Gasteiger partial charge in [-0.05, 0) is 6.42 Å². The van der Waals surface area contributed by atoms with Crippen molar-refractivity contribution in [3.05, 3.63) is 0 Å². The van der Waals surface area contributed by atoms with Crippen molar-refractivity contribution < 1.29 is 37.9 Å². The molecular weight excluding hydrogens is 353 g/mol. The van der Waals surface area contributed by atoms with Crippen LogP contribution in [0.3, 0.4) is 0 Å². The van der Waals surface area contributed by atoms with E-state index in [9.17, 15) is 24.2 Å². The number of carbonyl (C=O) groups excluding carboxylic acids is 2. The van der Waals surface area contributed by atoms with Crippen LogP contribution in [0, 0.1) is 0 Å². The van der Waals surface area contributed by atoms with E-state index >= 15 is 0 Å². The molecule has 0 aliphatic rings. The Kier molecular flexibility index (Phi) is 13.6. The molecule has 0 saturated carbocycles. The second kappa shape index (κ2) is 14.2. The monoisotopic (exact) mass is 383 g/mol. The topological polar surface area (TPSA) is 131 Å². The number of amides is 1. The summed E-state index contributed by atoms with van der Waals surface area (Å²) in [5, 5.41) is 12.0. The van der Waals surface area contributed by atoms with Gasteiger partial charge < -0.3 is 20.1 Å². The summed E-state index contributed by atoms with van der Waals surface area (Å²) in [6, 6.07) is 0. The van der Waals surface area contributed by atoms with Crippen LogP contribution >= 0.6 is 7.82 Å². The quantitative estimate of drug-likeness (QED) is 0.220. The Morgan fingerprint density at radius 3 is 2.44 bits per heavy atom. The van der Waals surface area contributed by atoms with E-state index in [4.69, 9.17) is 4.74 Å². The van der Waals surface area contributed by atoms with Crippen LogP contribution in [-0.4, -0.2) is 54.3 Å². The molecule has 148 valence electrons. The number of unbranched alkanes of at least 4 members (excludes halogenated alkanes) is 4. The average Bonchev–Trinajstić information content (AvgIpc) is 2.55. The highest BCUT2D eigenvalue weighted by Gasteiger charge is 2.23. The summed E-state index contributed by atoms with van der Waals surface area (Å²) in [6.45, 7) is 2.42.